The Morgan fingerprint density at radius 1 is 1.43 bits per heavy atom. The van der Waals surface area contributed by atoms with Gasteiger partial charge in [-0.3, -0.25) is 0 Å². The van der Waals surface area contributed by atoms with Gasteiger partial charge in [-0.2, -0.15) is 11.8 Å². The Bertz CT molecular complexity index is 280. The fourth-order valence-electron chi connectivity index (χ4n) is 1.02. The zero-order chi connectivity index (χ0) is 10.6. The van der Waals surface area contributed by atoms with Gasteiger partial charge < -0.3 is 4.42 Å². The van der Waals surface area contributed by atoms with E-state index in [-0.39, 0.29) is 0 Å². The van der Waals surface area contributed by atoms with Crippen molar-refractivity contribution < 1.29 is 4.42 Å². The number of oxazole rings is 1. The summed E-state index contributed by atoms with van der Waals surface area (Å²) in [4.78, 5) is 4.07. The molecule has 0 radical (unpaired) electrons. The Hall–Kier alpha value is -0.223. The van der Waals surface area contributed by atoms with Gasteiger partial charge in [0.25, 0.3) is 0 Å². The van der Waals surface area contributed by atoms with Crippen LogP contribution in [0.3, 0.4) is 0 Å². The van der Waals surface area contributed by atoms with E-state index in [2.05, 4.69) is 24.6 Å². The highest BCUT2D eigenvalue weighted by molar-refractivity contribution is 7.98. The molecule has 1 heterocycles. The number of thioether (sulfide) groups is 1. The Balaban J connectivity index is 2.16. The van der Waals surface area contributed by atoms with E-state index in [9.17, 15) is 0 Å². The smallest absolute Gasteiger partial charge is 0.191 e. The van der Waals surface area contributed by atoms with Crippen LogP contribution in [0.1, 0.15) is 11.7 Å². The minimum Gasteiger partial charge on any atom is -0.445 e. The standard InChI is InChI=1S/C10H19NOSSi/c1-9-11-7-10(12-9)8-13-5-6-14(2,3)4/h7H,5-6,8H2,1-4H3. The van der Waals surface area contributed by atoms with Crippen molar-refractivity contribution in [3.63, 3.8) is 0 Å². The minimum atomic E-state index is -0.857. The first-order valence-corrected chi connectivity index (χ1v) is 9.82. The summed E-state index contributed by atoms with van der Waals surface area (Å²) in [6, 6.07) is 1.38. The highest BCUT2D eigenvalue weighted by Gasteiger charge is 2.12. The average Bonchev–Trinajstić information content (AvgIpc) is 2.44. The van der Waals surface area contributed by atoms with E-state index < -0.39 is 8.07 Å². The molecule has 1 rings (SSSR count). The van der Waals surface area contributed by atoms with Crippen molar-refractivity contribution in [1.29, 1.82) is 0 Å². The van der Waals surface area contributed by atoms with Crippen LogP contribution in [0.25, 0.3) is 0 Å². The Morgan fingerprint density at radius 3 is 2.64 bits per heavy atom. The van der Waals surface area contributed by atoms with Gasteiger partial charge in [-0.1, -0.05) is 19.6 Å². The molecule has 0 spiro atoms. The summed E-state index contributed by atoms with van der Waals surface area (Å²) >= 11 is 1.95. The van der Waals surface area contributed by atoms with Gasteiger partial charge in [0.15, 0.2) is 5.89 Å². The van der Waals surface area contributed by atoms with Crippen LogP contribution in [0, 0.1) is 6.92 Å². The van der Waals surface area contributed by atoms with Crippen molar-refractivity contribution in [1.82, 2.24) is 4.98 Å². The van der Waals surface area contributed by atoms with Gasteiger partial charge in [-0.15, -0.1) is 0 Å². The topological polar surface area (TPSA) is 26.0 Å². The molecule has 0 atom stereocenters. The van der Waals surface area contributed by atoms with Gasteiger partial charge in [0.05, 0.1) is 11.9 Å². The van der Waals surface area contributed by atoms with E-state index in [4.69, 9.17) is 4.42 Å². The van der Waals surface area contributed by atoms with E-state index in [1.54, 1.807) is 0 Å². The van der Waals surface area contributed by atoms with E-state index in [0.717, 1.165) is 17.4 Å². The predicted octanol–water partition coefficient (Wildman–Crippen LogP) is 3.55. The summed E-state index contributed by atoms with van der Waals surface area (Å²) in [6.07, 6.45) is 1.83. The molecule has 2 nitrogen and oxygen atoms in total. The monoisotopic (exact) mass is 229 g/mol. The second-order valence-corrected chi connectivity index (χ2v) is 11.4. The second-order valence-electron chi connectivity index (χ2n) is 4.71. The molecule has 80 valence electrons. The van der Waals surface area contributed by atoms with Gasteiger partial charge >= 0.3 is 0 Å². The fourth-order valence-corrected chi connectivity index (χ4v) is 4.53. The number of aryl methyl sites for hydroxylation is 1. The molecule has 4 heteroatoms. The second kappa shape index (κ2) is 5.03. The van der Waals surface area contributed by atoms with Gasteiger partial charge in [0, 0.05) is 15.0 Å². The number of nitrogens with zero attached hydrogens (tertiary/aromatic N) is 1. The average molecular weight is 229 g/mol. The first-order valence-electron chi connectivity index (χ1n) is 4.96. The molecule has 0 unspecified atom stereocenters. The number of aromatic nitrogens is 1. The summed E-state index contributed by atoms with van der Waals surface area (Å²) in [5.41, 5.74) is 0. The maximum Gasteiger partial charge on any atom is 0.191 e. The fraction of sp³-hybridized carbons (Fsp3) is 0.700. The SMILES string of the molecule is Cc1ncc(CSCC[Si](C)(C)C)o1. The molecular formula is C10H19NOSSi. The maximum absolute atomic E-state index is 5.40. The van der Waals surface area contributed by atoms with Gasteiger partial charge in [0.2, 0.25) is 0 Å². The molecule has 1 aromatic rings. The van der Waals surface area contributed by atoms with Gasteiger partial charge in [0.1, 0.15) is 5.76 Å². The van der Waals surface area contributed by atoms with Crippen LogP contribution in [0.5, 0.6) is 0 Å². The molecule has 0 aromatic carbocycles. The number of hydrogen-bond donors (Lipinski definition) is 0. The summed E-state index contributed by atoms with van der Waals surface area (Å²) in [5.74, 6) is 3.98. The maximum atomic E-state index is 5.40. The Kier molecular flexibility index (Phi) is 4.25. The molecule has 0 amide bonds. The molecule has 0 N–H and O–H groups in total. The summed E-state index contributed by atoms with van der Waals surface area (Å²) in [7, 11) is -0.857. The Morgan fingerprint density at radius 2 is 2.14 bits per heavy atom. The Labute approximate surface area is 91.5 Å². The lowest BCUT2D eigenvalue weighted by Crippen LogP contribution is -2.19. The summed E-state index contributed by atoms with van der Waals surface area (Å²) < 4.78 is 5.40. The summed E-state index contributed by atoms with van der Waals surface area (Å²) in [6.45, 7) is 9.11. The molecule has 0 aliphatic rings. The van der Waals surface area contributed by atoms with Crippen LogP contribution in [0.4, 0.5) is 0 Å². The van der Waals surface area contributed by atoms with Crippen molar-refractivity contribution in [2.45, 2.75) is 38.4 Å². The van der Waals surface area contributed by atoms with Crippen molar-refractivity contribution >= 4 is 19.8 Å². The molecular weight excluding hydrogens is 210 g/mol. The molecule has 0 aliphatic heterocycles. The van der Waals surface area contributed by atoms with Crippen LogP contribution in [0.15, 0.2) is 10.6 Å². The quantitative estimate of drug-likeness (QED) is 0.570. The van der Waals surface area contributed by atoms with Crippen molar-refractivity contribution in [3.8, 4) is 0 Å². The van der Waals surface area contributed by atoms with Crippen molar-refractivity contribution in [3.05, 3.63) is 17.8 Å². The number of hydrogen-bond acceptors (Lipinski definition) is 3. The van der Waals surface area contributed by atoms with Crippen LogP contribution in [-0.4, -0.2) is 18.8 Å². The van der Waals surface area contributed by atoms with Crippen LogP contribution < -0.4 is 0 Å². The largest absolute Gasteiger partial charge is 0.445 e. The zero-order valence-corrected chi connectivity index (χ0v) is 11.3. The van der Waals surface area contributed by atoms with Crippen LogP contribution in [-0.2, 0) is 5.75 Å². The lowest BCUT2D eigenvalue weighted by molar-refractivity contribution is 0.491. The van der Waals surface area contributed by atoms with E-state index in [1.165, 1.54) is 11.8 Å². The van der Waals surface area contributed by atoms with Gasteiger partial charge in [-0.05, 0) is 11.8 Å². The summed E-state index contributed by atoms with van der Waals surface area (Å²) in [5, 5.41) is 0. The van der Waals surface area contributed by atoms with E-state index >= 15 is 0 Å². The molecule has 0 saturated carbocycles. The highest BCUT2D eigenvalue weighted by Crippen LogP contribution is 2.18. The van der Waals surface area contributed by atoms with Crippen LogP contribution >= 0.6 is 11.8 Å². The first kappa shape index (κ1) is 11.8. The molecule has 0 fully saturated rings. The molecule has 1 aromatic heterocycles. The molecule has 0 aliphatic carbocycles. The number of rotatable bonds is 5. The predicted molar refractivity (Wildman–Crippen MR) is 65.6 cm³/mol. The lowest BCUT2D eigenvalue weighted by Gasteiger charge is -2.14. The van der Waals surface area contributed by atoms with Crippen molar-refractivity contribution in [2.75, 3.05) is 5.75 Å². The third kappa shape index (κ3) is 4.86. The first-order chi connectivity index (χ1) is 6.47. The zero-order valence-electron chi connectivity index (χ0n) is 9.46. The van der Waals surface area contributed by atoms with Gasteiger partial charge in [-0.25, -0.2) is 4.98 Å². The lowest BCUT2D eigenvalue weighted by atomic mass is 10.6. The third-order valence-corrected chi connectivity index (χ3v) is 5.00. The molecule has 14 heavy (non-hydrogen) atoms. The van der Waals surface area contributed by atoms with Crippen molar-refractivity contribution in [2.24, 2.45) is 0 Å². The van der Waals surface area contributed by atoms with Crippen LogP contribution in [0.2, 0.25) is 25.7 Å². The highest BCUT2D eigenvalue weighted by atomic mass is 32.2. The normalized spacial score (nSPS) is 12.0. The van der Waals surface area contributed by atoms with E-state index in [1.807, 2.05) is 24.9 Å². The third-order valence-electron chi connectivity index (χ3n) is 1.91. The molecule has 0 bridgehead atoms. The molecule has 0 saturated heterocycles. The van der Waals surface area contributed by atoms with E-state index in [0.29, 0.717) is 0 Å². The minimum absolute atomic E-state index is 0.769.